The lowest BCUT2D eigenvalue weighted by molar-refractivity contribution is 0.310. The Morgan fingerprint density at radius 2 is 2.30 bits per heavy atom. The molecule has 0 radical (unpaired) electrons. The molecule has 0 unspecified atom stereocenters. The highest BCUT2D eigenvalue weighted by molar-refractivity contribution is 9.10. The SMILES string of the molecule is CCOc1cc(/C=N\n2nnnc2N)cc(Br)c1OC. The van der Waals surface area contributed by atoms with Crippen LogP contribution in [0.3, 0.4) is 0 Å². The number of halogens is 1. The van der Waals surface area contributed by atoms with Crippen LogP contribution in [0.25, 0.3) is 0 Å². The third-order valence-electron chi connectivity index (χ3n) is 2.33. The highest BCUT2D eigenvalue weighted by Crippen LogP contribution is 2.36. The van der Waals surface area contributed by atoms with Crippen LogP contribution < -0.4 is 15.2 Å². The van der Waals surface area contributed by atoms with Crippen molar-refractivity contribution in [2.45, 2.75) is 6.92 Å². The van der Waals surface area contributed by atoms with Crippen LogP contribution in [-0.2, 0) is 0 Å². The fourth-order valence-electron chi connectivity index (χ4n) is 1.52. The minimum atomic E-state index is 0.110. The summed E-state index contributed by atoms with van der Waals surface area (Å²) in [4.78, 5) is 1.12. The summed E-state index contributed by atoms with van der Waals surface area (Å²) in [5.74, 6) is 1.36. The number of aromatic nitrogens is 4. The molecule has 0 fully saturated rings. The molecule has 9 heteroatoms. The smallest absolute Gasteiger partial charge is 0.263 e. The van der Waals surface area contributed by atoms with Gasteiger partial charge in [0.05, 0.1) is 24.4 Å². The molecule has 1 heterocycles. The van der Waals surface area contributed by atoms with Gasteiger partial charge in [-0.1, -0.05) is 9.89 Å². The lowest BCUT2D eigenvalue weighted by Crippen LogP contribution is -2.01. The number of hydrogen-bond acceptors (Lipinski definition) is 7. The zero-order chi connectivity index (χ0) is 14.5. The molecule has 0 amide bonds. The first kappa shape index (κ1) is 14.3. The first-order chi connectivity index (χ1) is 9.65. The summed E-state index contributed by atoms with van der Waals surface area (Å²) in [5.41, 5.74) is 6.30. The molecule has 0 aliphatic carbocycles. The van der Waals surface area contributed by atoms with Crippen LogP contribution in [-0.4, -0.2) is 40.2 Å². The summed E-state index contributed by atoms with van der Waals surface area (Å²) >= 11 is 3.42. The van der Waals surface area contributed by atoms with E-state index >= 15 is 0 Å². The average Bonchev–Trinajstić information content (AvgIpc) is 2.82. The van der Waals surface area contributed by atoms with Gasteiger partial charge in [0.25, 0.3) is 5.95 Å². The Balaban J connectivity index is 2.33. The van der Waals surface area contributed by atoms with Gasteiger partial charge >= 0.3 is 0 Å². The number of ether oxygens (including phenoxy) is 2. The third-order valence-corrected chi connectivity index (χ3v) is 2.92. The molecule has 0 atom stereocenters. The van der Waals surface area contributed by atoms with Gasteiger partial charge in [-0.3, -0.25) is 0 Å². The van der Waals surface area contributed by atoms with Crippen LogP contribution in [0.5, 0.6) is 11.5 Å². The van der Waals surface area contributed by atoms with Crippen LogP contribution in [0.2, 0.25) is 0 Å². The van der Waals surface area contributed by atoms with Crippen molar-refractivity contribution in [3.63, 3.8) is 0 Å². The molecular formula is C11H13BrN6O2. The van der Waals surface area contributed by atoms with E-state index in [0.717, 1.165) is 14.8 Å². The quantitative estimate of drug-likeness (QED) is 0.823. The van der Waals surface area contributed by atoms with Gasteiger partial charge in [-0.2, -0.15) is 5.10 Å². The van der Waals surface area contributed by atoms with Gasteiger partial charge in [-0.05, 0) is 51.0 Å². The van der Waals surface area contributed by atoms with Crippen molar-refractivity contribution in [3.8, 4) is 11.5 Å². The Kier molecular flexibility index (Phi) is 4.51. The molecule has 2 aromatic rings. The molecular weight excluding hydrogens is 328 g/mol. The Bertz CT molecular complexity index is 627. The number of benzene rings is 1. The molecule has 0 spiro atoms. The summed E-state index contributed by atoms with van der Waals surface area (Å²) in [6.45, 7) is 2.43. The molecule has 0 aliphatic rings. The van der Waals surface area contributed by atoms with E-state index in [1.54, 1.807) is 19.4 Å². The van der Waals surface area contributed by atoms with E-state index in [4.69, 9.17) is 15.2 Å². The van der Waals surface area contributed by atoms with Gasteiger partial charge in [0.1, 0.15) is 0 Å². The average molecular weight is 341 g/mol. The first-order valence-corrected chi connectivity index (χ1v) is 6.53. The lowest BCUT2D eigenvalue weighted by Gasteiger charge is -2.11. The number of rotatable bonds is 5. The number of tetrazole rings is 1. The third kappa shape index (κ3) is 3.05. The Morgan fingerprint density at radius 1 is 1.50 bits per heavy atom. The maximum atomic E-state index is 5.52. The van der Waals surface area contributed by atoms with Crippen LogP contribution in [0.15, 0.2) is 21.7 Å². The van der Waals surface area contributed by atoms with Crippen molar-refractivity contribution in [1.29, 1.82) is 0 Å². The largest absolute Gasteiger partial charge is 0.492 e. The zero-order valence-corrected chi connectivity index (χ0v) is 12.5. The zero-order valence-electron chi connectivity index (χ0n) is 10.9. The van der Waals surface area contributed by atoms with E-state index in [1.165, 1.54) is 0 Å². The second kappa shape index (κ2) is 6.33. The minimum Gasteiger partial charge on any atom is -0.492 e. The molecule has 8 nitrogen and oxygen atoms in total. The van der Waals surface area contributed by atoms with E-state index < -0.39 is 0 Å². The van der Waals surface area contributed by atoms with Gasteiger partial charge in [0.15, 0.2) is 11.5 Å². The van der Waals surface area contributed by atoms with E-state index in [-0.39, 0.29) is 5.95 Å². The first-order valence-electron chi connectivity index (χ1n) is 5.74. The molecule has 1 aromatic heterocycles. The van der Waals surface area contributed by atoms with Crippen molar-refractivity contribution in [2.75, 3.05) is 19.5 Å². The maximum Gasteiger partial charge on any atom is 0.263 e. The van der Waals surface area contributed by atoms with Crippen molar-refractivity contribution in [3.05, 3.63) is 22.2 Å². The topological polar surface area (TPSA) is 100 Å². The van der Waals surface area contributed by atoms with Crippen molar-refractivity contribution in [2.24, 2.45) is 5.10 Å². The van der Waals surface area contributed by atoms with Gasteiger partial charge in [-0.15, -0.1) is 0 Å². The highest BCUT2D eigenvalue weighted by atomic mass is 79.9. The van der Waals surface area contributed by atoms with Gasteiger partial charge < -0.3 is 15.2 Å². The molecule has 0 saturated heterocycles. The summed E-state index contributed by atoms with van der Waals surface area (Å²) in [7, 11) is 1.58. The molecule has 0 saturated carbocycles. The molecule has 0 bridgehead atoms. The standard InChI is InChI=1S/C11H13BrN6O2/c1-3-20-9-5-7(4-8(12)10(9)19-2)6-14-18-11(13)15-16-17-18/h4-6H,3H2,1-2H3,(H2,13,15,17)/b14-6-. The monoisotopic (exact) mass is 340 g/mol. The summed E-state index contributed by atoms with van der Waals surface area (Å²) in [6, 6.07) is 3.64. The molecule has 2 N–H and O–H groups in total. The van der Waals surface area contributed by atoms with Crippen LogP contribution in [0, 0.1) is 0 Å². The second-order valence-electron chi connectivity index (χ2n) is 3.64. The molecule has 0 aliphatic heterocycles. The summed E-state index contributed by atoms with van der Waals surface area (Å²) in [5, 5.41) is 14.6. The van der Waals surface area contributed by atoms with Crippen molar-refractivity contribution < 1.29 is 9.47 Å². The van der Waals surface area contributed by atoms with Crippen LogP contribution >= 0.6 is 15.9 Å². The van der Waals surface area contributed by atoms with Crippen molar-refractivity contribution in [1.82, 2.24) is 20.3 Å². The molecule has 106 valence electrons. The second-order valence-corrected chi connectivity index (χ2v) is 4.49. The Hall–Kier alpha value is -2.16. The van der Waals surface area contributed by atoms with Gasteiger partial charge in [0.2, 0.25) is 0 Å². The van der Waals surface area contributed by atoms with Gasteiger partial charge in [0, 0.05) is 0 Å². The molecule has 1 aromatic carbocycles. The fourth-order valence-corrected chi connectivity index (χ4v) is 2.14. The van der Waals surface area contributed by atoms with Crippen LogP contribution in [0.4, 0.5) is 5.95 Å². The Labute approximate surface area is 123 Å². The predicted octanol–water partition coefficient (Wildman–Crippen LogP) is 1.31. The normalized spacial score (nSPS) is 10.9. The fraction of sp³-hybridized carbons (Fsp3) is 0.273. The molecule has 20 heavy (non-hydrogen) atoms. The number of hydrogen-bond donors (Lipinski definition) is 1. The predicted molar refractivity (Wildman–Crippen MR) is 77.1 cm³/mol. The minimum absolute atomic E-state index is 0.110. The number of nitrogens with two attached hydrogens (primary N) is 1. The number of anilines is 1. The van der Waals surface area contributed by atoms with Crippen molar-refractivity contribution >= 4 is 28.1 Å². The summed E-state index contributed by atoms with van der Waals surface area (Å²) < 4.78 is 11.6. The highest BCUT2D eigenvalue weighted by Gasteiger charge is 2.10. The maximum absolute atomic E-state index is 5.52. The molecule has 2 rings (SSSR count). The van der Waals surface area contributed by atoms with E-state index in [1.807, 2.05) is 13.0 Å². The number of nitrogen functional groups attached to an aromatic ring is 1. The van der Waals surface area contributed by atoms with E-state index in [2.05, 4.69) is 36.6 Å². The number of methoxy groups -OCH3 is 1. The van der Waals surface area contributed by atoms with E-state index in [0.29, 0.717) is 18.1 Å². The van der Waals surface area contributed by atoms with Gasteiger partial charge in [-0.25, -0.2) is 0 Å². The Morgan fingerprint density at radius 3 is 2.90 bits per heavy atom. The number of nitrogens with zero attached hydrogens (tertiary/aromatic N) is 5. The van der Waals surface area contributed by atoms with Crippen LogP contribution in [0.1, 0.15) is 12.5 Å². The summed E-state index contributed by atoms with van der Waals surface area (Å²) in [6.07, 6.45) is 1.57. The van der Waals surface area contributed by atoms with E-state index in [9.17, 15) is 0 Å². The lowest BCUT2D eigenvalue weighted by atomic mass is 10.2.